The van der Waals surface area contributed by atoms with Crippen molar-refractivity contribution in [2.75, 3.05) is 46.2 Å². The summed E-state index contributed by atoms with van der Waals surface area (Å²) < 4.78 is 56.4. The van der Waals surface area contributed by atoms with Crippen LogP contribution in [0.25, 0.3) is 0 Å². The van der Waals surface area contributed by atoms with Gasteiger partial charge in [-0.3, -0.25) is 9.59 Å². The van der Waals surface area contributed by atoms with Gasteiger partial charge in [0.2, 0.25) is 11.8 Å². The van der Waals surface area contributed by atoms with Crippen LogP contribution in [0.2, 0.25) is 0 Å². The van der Waals surface area contributed by atoms with Crippen LogP contribution >= 0.6 is 0 Å². The number of hydrogen-bond acceptors (Lipinski definition) is 31. The summed E-state index contributed by atoms with van der Waals surface area (Å²) in [7, 11) is 0. The topological polar surface area (TPSA) is 535 Å². The van der Waals surface area contributed by atoms with Crippen LogP contribution in [0.15, 0.2) is 0 Å². The van der Waals surface area contributed by atoms with Gasteiger partial charge in [0, 0.05) is 13.8 Å². The quantitative estimate of drug-likeness (QED) is 0.0479. The number of carbonyl (C=O) groups excluding carboxylic acids is 2. The summed E-state index contributed by atoms with van der Waals surface area (Å²) in [5.41, 5.74) is 0. The molecule has 0 aromatic carbocycles. The van der Waals surface area contributed by atoms with Gasteiger partial charge in [0.15, 0.2) is 31.5 Å². The van der Waals surface area contributed by atoms with Crippen molar-refractivity contribution < 1.29 is 154 Å². The third kappa shape index (κ3) is 14.3. The zero-order valence-corrected chi connectivity index (χ0v) is 39.1. The monoisotopic (exact) mass is 1070 g/mol. The molecular weight excluding hydrogens is 1000 g/mol. The molecular formula is C40H70N2O31. The van der Waals surface area contributed by atoms with Crippen LogP contribution in [0, 0.1) is 0 Å². The Morgan fingerprint density at radius 2 is 0.890 bits per heavy atom. The summed E-state index contributed by atoms with van der Waals surface area (Å²) >= 11 is 0. The van der Waals surface area contributed by atoms with Crippen molar-refractivity contribution in [2.45, 2.75) is 192 Å². The lowest BCUT2D eigenvalue weighted by atomic mass is 9.95. The highest BCUT2D eigenvalue weighted by molar-refractivity contribution is 5.73. The van der Waals surface area contributed by atoms with Crippen molar-refractivity contribution in [1.29, 1.82) is 0 Å². The Morgan fingerprint density at radius 1 is 0.466 bits per heavy atom. The molecule has 29 atom stereocenters. The van der Waals surface area contributed by atoms with E-state index in [-0.39, 0.29) is 0 Å². The van der Waals surface area contributed by atoms with Gasteiger partial charge in [-0.2, -0.15) is 0 Å². The van der Waals surface area contributed by atoms with Gasteiger partial charge in [-0.05, 0) is 0 Å². The third-order valence-corrected chi connectivity index (χ3v) is 12.9. The summed E-state index contributed by atoms with van der Waals surface area (Å²) in [6.07, 6.45) is -52.1. The Morgan fingerprint density at radius 3 is 1.37 bits per heavy atom. The standard InChI is InChI=1S/C40H70N2O31/c1-10(48)41-12(3-43)20(51)33(13(50)4-44)71-36-19(42-11(2)49)25(56)34(16(7-47)68-36)72-40-31(62)28(59)23(54)17(70-40)8-65-38-32(63)35(73-39-30(61)27(58)22(53)15(6-46)67-39)24(55)18(69-38)9-64-37-29(60)26(57)21(52)14(5-45)66-37/h12-40,43-47,50-63H,3-9H2,1-2H3,(H,41,48)(H,42,49)/t12-,13+,14+,15+,16+,17+,18+,19+,20+,21+,22+,23+,24+,25+,26-,27-,28-,29-,30-,31-,32-,33+,34+,35-,36-,37-,38-,39+,40-/m0/s1. The Kier molecular flexibility index (Phi) is 23.1. The fourth-order valence-electron chi connectivity index (χ4n) is 8.71. The Bertz CT molecular complexity index is 1700. The number of rotatable bonds is 22. The van der Waals surface area contributed by atoms with Crippen LogP contribution in [0.3, 0.4) is 0 Å². The van der Waals surface area contributed by atoms with Crippen LogP contribution in [0.5, 0.6) is 0 Å². The highest BCUT2D eigenvalue weighted by atomic mass is 16.8. The summed E-state index contributed by atoms with van der Waals surface area (Å²) in [5, 5.41) is 205. The Balaban J connectivity index is 1.35. The minimum absolute atomic E-state index is 0.727. The molecule has 5 rings (SSSR count). The van der Waals surface area contributed by atoms with E-state index in [1.807, 2.05) is 0 Å². The molecule has 5 aliphatic heterocycles. The van der Waals surface area contributed by atoms with E-state index in [4.69, 9.17) is 47.4 Å². The second-order valence-electron chi connectivity index (χ2n) is 18.1. The molecule has 2 amide bonds. The number of aliphatic hydroxyl groups excluding tert-OH is 19. The number of nitrogens with one attached hydrogen (secondary N) is 2. The van der Waals surface area contributed by atoms with Crippen molar-refractivity contribution in [3.8, 4) is 0 Å². The molecule has 0 radical (unpaired) electrons. The molecule has 5 fully saturated rings. The highest BCUT2D eigenvalue weighted by Crippen LogP contribution is 2.34. The van der Waals surface area contributed by atoms with Gasteiger partial charge in [0.05, 0.1) is 52.3 Å². The number of amides is 2. The van der Waals surface area contributed by atoms with Crippen LogP contribution in [-0.4, -0.2) is 333 Å². The molecule has 0 aromatic rings. The SMILES string of the molecule is CC(=O)N[C@H]1[C@H](O[C@@H]([C@H](O)[C@H](CO)NC(C)=O)[C@H](O)CO)O[C@H](CO)[C@@H](O[C@@H]2O[C@H](CO[C@H]3O[C@H](CO[C@H]4O[C@H](CO)[C@@H](O)[C@H](O)[C@@H]4O)[C@@H](O)[C@H](O[C@H]4O[C@H](CO)[C@@H](O)[C@H](O)[C@@H]4O)[C@@H]3O)[C@@H](O)[C@H](O)[C@@H]2O)[C@@H]1O. The maximum Gasteiger partial charge on any atom is 0.217 e. The van der Waals surface area contributed by atoms with Crippen molar-refractivity contribution in [2.24, 2.45) is 0 Å². The maximum absolute atomic E-state index is 12.4. The van der Waals surface area contributed by atoms with Gasteiger partial charge in [-0.25, -0.2) is 0 Å². The van der Waals surface area contributed by atoms with Crippen LogP contribution in [0.1, 0.15) is 13.8 Å². The smallest absolute Gasteiger partial charge is 0.217 e. The second kappa shape index (κ2) is 27.4. The minimum Gasteiger partial charge on any atom is -0.394 e. The zero-order valence-electron chi connectivity index (χ0n) is 39.1. The van der Waals surface area contributed by atoms with Gasteiger partial charge >= 0.3 is 0 Å². The first-order valence-electron chi connectivity index (χ1n) is 23.0. The molecule has 73 heavy (non-hydrogen) atoms. The van der Waals surface area contributed by atoms with E-state index in [2.05, 4.69) is 10.6 Å². The van der Waals surface area contributed by atoms with Crippen LogP contribution in [0.4, 0.5) is 0 Å². The largest absolute Gasteiger partial charge is 0.394 e. The maximum atomic E-state index is 12.4. The van der Waals surface area contributed by atoms with Crippen molar-refractivity contribution in [1.82, 2.24) is 10.6 Å². The van der Waals surface area contributed by atoms with E-state index < -0.39 is 236 Å². The third-order valence-electron chi connectivity index (χ3n) is 12.9. The van der Waals surface area contributed by atoms with Gasteiger partial charge in [0.1, 0.15) is 140 Å². The molecule has 33 heteroatoms. The first-order chi connectivity index (χ1) is 34.4. The van der Waals surface area contributed by atoms with Gasteiger partial charge in [-0.15, -0.1) is 0 Å². The summed E-state index contributed by atoms with van der Waals surface area (Å²) in [4.78, 5) is 24.1. The highest BCUT2D eigenvalue weighted by Gasteiger charge is 2.55. The van der Waals surface area contributed by atoms with Crippen molar-refractivity contribution in [3.05, 3.63) is 0 Å². The fraction of sp³-hybridized carbons (Fsp3) is 0.950. The van der Waals surface area contributed by atoms with Crippen LogP contribution in [-0.2, 0) is 57.0 Å². The summed E-state index contributed by atoms with van der Waals surface area (Å²) in [6.45, 7) is -4.53. The molecule has 5 aliphatic rings. The average Bonchev–Trinajstić information content (AvgIpc) is 3.36. The zero-order chi connectivity index (χ0) is 54.3. The Labute approximate surface area is 414 Å². The molecule has 426 valence electrons. The van der Waals surface area contributed by atoms with Crippen molar-refractivity contribution in [3.63, 3.8) is 0 Å². The van der Waals surface area contributed by atoms with E-state index in [9.17, 15) is 107 Å². The van der Waals surface area contributed by atoms with E-state index in [1.165, 1.54) is 0 Å². The fourth-order valence-corrected chi connectivity index (χ4v) is 8.71. The van der Waals surface area contributed by atoms with Gasteiger partial charge in [-0.1, -0.05) is 0 Å². The first kappa shape index (κ1) is 61.6. The molecule has 0 bridgehead atoms. The van der Waals surface area contributed by atoms with E-state index in [0.29, 0.717) is 0 Å². The second-order valence-corrected chi connectivity index (χ2v) is 18.1. The van der Waals surface area contributed by atoms with E-state index in [1.54, 1.807) is 0 Å². The van der Waals surface area contributed by atoms with Crippen LogP contribution < -0.4 is 10.6 Å². The average molecular weight is 1070 g/mol. The summed E-state index contributed by atoms with van der Waals surface area (Å²) in [5.74, 6) is -1.57. The lowest BCUT2D eigenvalue weighted by Crippen LogP contribution is -2.68. The van der Waals surface area contributed by atoms with E-state index >= 15 is 0 Å². The lowest BCUT2D eigenvalue weighted by molar-refractivity contribution is -0.375. The number of aliphatic hydroxyl groups is 19. The molecule has 0 aliphatic carbocycles. The predicted octanol–water partition coefficient (Wildman–Crippen LogP) is -14.2. The molecule has 5 heterocycles. The molecule has 0 unspecified atom stereocenters. The molecule has 0 saturated carbocycles. The molecule has 5 saturated heterocycles. The molecule has 0 aromatic heterocycles. The summed E-state index contributed by atoms with van der Waals surface area (Å²) in [6, 6.07) is -3.26. The number of carbonyl (C=O) groups is 2. The molecule has 0 spiro atoms. The minimum atomic E-state index is -2.18. The van der Waals surface area contributed by atoms with Crippen molar-refractivity contribution >= 4 is 11.8 Å². The normalized spacial score (nSPS) is 45.2. The molecule has 21 N–H and O–H groups in total. The number of hydrogen-bond donors (Lipinski definition) is 21. The first-order valence-corrected chi connectivity index (χ1v) is 23.0. The predicted molar refractivity (Wildman–Crippen MR) is 225 cm³/mol. The van der Waals surface area contributed by atoms with E-state index in [0.717, 1.165) is 13.8 Å². The lowest BCUT2D eigenvalue weighted by Gasteiger charge is -2.48. The number of ether oxygens (including phenoxy) is 10. The molecule has 33 nitrogen and oxygen atoms in total. The Hall–Kier alpha value is -2.22. The van der Waals surface area contributed by atoms with Gasteiger partial charge < -0.3 is 155 Å². The van der Waals surface area contributed by atoms with Gasteiger partial charge in [0.25, 0.3) is 0 Å².